The number of benzene rings is 2. The van der Waals surface area contributed by atoms with E-state index in [2.05, 4.69) is 0 Å². The Kier molecular flexibility index (Phi) is 2.01. The molecule has 0 bridgehead atoms. The fourth-order valence-corrected chi connectivity index (χ4v) is 2.53. The first-order valence-corrected chi connectivity index (χ1v) is 5.53. The van der Waals surface area contributed by atoms with E-state index in [9.17, 15) is 10.1 Å². The lowest BCUT2D eigenvalue weighted by Crippen LogP contribution is -1.94. The second-order valence-corrected chi connectivity index (χ2v) is 4.35. The van der Waals surface area contributed by atoms with Crippen molar-refractivity contribution in [3.63, 3.8) is 0 Å². The summed E-state index contributed by atoms with van der Waals surface area (Å²) in [5, 5.41) is 11.1. The fraction of sp³-hybridized carbons (Fsp3) is 0.143. The molecule has 2 aromatic carbocycles. The third-order valence-corrected chi connectivity index (χ3v) is 3.38. The van der Waals surface area contributed by atoms with Crippen LogP contribution in [-0.2, 0) is 6.42 Å². The molecule has 0 saturated heterocycles. The highest BCUT2D eigenvalue weighted by Gasteiger charge is 2.27. The number of hydrogen-bond acceptors (Lipinski definition) is 2. The monoisotopic (exact) mass is 225 g/mol. The van der Waals surface area contributed by atoms with Gasteiger partial charge < -0.3 is 0 Å². The first-order chi connectivity index (χ1) is 8.18. The van der Waals surface area contributed by atoms with Crippen LogP contribution in [0.15, 0.2) is 36.4 Å². The Morgan fingerprint density at radius 2 is 1.94 bits per heavy atom. The summed E-state index contributed by atoms with van der Waals surface area (Å²) in [5.41, 5.74) is 5.45. The van der Waals surface area contributed by atoms with E-state index >= 15 is 0 Å². The highest BCUT2D eigenvalue weighted by molar-refractivity contribution is 5.84. The predicted octanol–water partition coefficient (Wildman–Crippen LogP) is 3.47. The number of rotatable bonds is 1. The van der Waals surface area contributed by atoms with Crippen molar-refractivity contribution in [2.24, 2.45) is 0 Å². The summed E-state index contributed by atoms with van der Waals surface area (Å²) in [6, 6.07) is 11.4. The highest BCUT2D eigenvalue weighted by Crippen LogP contribution is 2.43. The molecule has 2 aromatic rings. The van der Waals surface area contributed by atoms with Crippen LogP contribution < -0.4 is 0 Å². The SMILES string of the molecule is Cc1ccc([N+](=O)[O-])c2c1Cc1ccccc1-2. The van der Waals surface area contributed by atoms with Gasteiger partial charge >= 0.3 is 0 Å². The molecule has 0 amide bonds. The van der Waals surface area contributed by atoms with E-state index in [1.807, 2.05) is 37.3 Å². The quantitative estimate of drug-likeness (QED) is 0.470. The Bertz CT molecular complexity index is 632. The van der Waals surface area contributed by atoms with E-state index in [1.165, 1.54) is 5.56 Å². The summed E-state index contributed by atoms with van der Waals surface area (Å²) >= 11 is 0. The molecule has 3 nitrogen and oxygen atoms in total. The van der Waals surface area contributed by atoms with Crippen molar-refractivity contribution in [1.29, 1.82) is 0 Å². The molecule has 0 atom stereocenters. The van der Waals surface area contributed by atoms with Crippen LogP contribution in [0.3, 0.4) is 0 Å². The Morgan fingerprint density at radius 1 is 1.18 bits per heavy atom. The molecule has 17 heavy (non-hydrogen) atoms. The van der Waals surface area contributed by atoms with Gasteiger partial charge in [-0.3, -0.25) is 10.1 Å². The van der Waals surface area contributed by atoms with E-state index in [0.29, 0.717) is 0 Å². The van der Waals surface area contributed by atoms with Gasteiger partial charge in [0.1, 0.15) is 0 Å². The number of aryl methyl sites for hydroxylation is 1. The van der Waals surface area contributed by atoms with Gasteiger partial charge in [-0.1, -0.05) is 30.3 Å². The van der Waals surface area contributed by atoms with Crippen molar-refractivity contribution >= 4 is 5.69 Å². The lowest BCUT2D eigenvalue weighted by Gasteiger charge is -2.04. The Morgan fingerprint density at radius 3 is 2.71 bits per heavy atom. The lowest BCUT2D eigenvalue weighted by atomic mass is 10.0. The molecule has 0 spiro atoms. The number of hydrogen-bond donors (Lipinski definition) is 0. The van der Waals surface area contributed by atoms with Crippen molar-refractivity contribution in [3.8, 4) is 11.1 Å². The van der Waals surface area contributed by atoms with Crippen LogP contribution in [-0.4, -0.2) is 4.92 Å². The molecule has 3 heteroatoms. The zero-order chi connectivity index (χ0) is 12.0. The Hall–Kier alpha value is -2.16. The standard InChI is InChI=1S/C14H11NO2/c1-9-6-7-13(15(16)17)14-11-5-3-2-4-10(11)8-12(9)14/h2-7H,8H2,1H3. The molecule has 0 heterocycles. The molecule has 0 aromatic heterocycles. The molecular weight excluding hydrogens is 214 g/mol. The van der Waals surface area contributed by atoms with Crippen molar-refractivity contribution in [3.05, 3.63) is 63.2 Å². The largest absolute Gasteiger partial charge is 0.277 e. The number of nitro groups is 1. The van der Waals surface area contributed by atoms with E-state index in [1.54, 1.807) is 6.07 Å². The number of fused-ring (bicyclic) bond motifs is 3. The molecule has 1 aliphatic carbocycles. The van der Waals surface area contributed by atoms with Crippen LogP contribution in [0.1, 0.15) is 16.7 Å². The van der Waals surface area contributed by atoms with E-state index in [4.69, 9.17) is 0 Å². The summed E-state index contributed by atoms with van der Waals surface area (Å²) in [6.07, 6.45) is 0.805. The second kappa shape index (κ2) is 3.42. The van der Waals surface area contributed by atoms with Gasteiger partial charge in [0.05, 0.1) is 10.5 Å². The van der Waals surface area contributed by atoms with Crippen LogP contribution >= 0.6 is 0 Å². The van der Waals surface area contributed by atoms with Crippen LogP contribution in [0, 0.1) is 17.0 Å². The molecule has 0 unspecified atom stereocenters. The van der Waals surface area contributed by atoms with Gasteiger partial charge in [-0.25, -0.2) is 0 Å². The van der Waals surface area contributed by atoms with Crippen LogP contribution in [0.5, 0.6) is 0 Å². The molecule has 1 aliphatic rings. The first kappa shape index (κ1) is 10.0. The molecule has 3 rings (SSSR count). The Balaban J connectivity index is 2.37. The minimum atomic E-state index is -0.291. The zero-order valence-electron chi connectivity index (χ0n) is 9.43. The van der Waals surface area contributed by atoms with Crippen LogP contribution in [0.25, 0.3) is 11.1 Å². The molecule has 0 fully saturated rings. The molecule has 0 saturated carbocycles. The third-order valence-electron chi connectivity index (χ3n) is 3.38. The molecule has 0 radical (unpaired) electrons. The topological polar surface area (TPSA) is 43.1 Å². The predicted molar refractivity (Wildman–Crippen MR) is 66.1 cm³/mol. The van der Waals surface area contributed by atoms with E-state index in [-0.39, 0.29) is 10.6 Å². The minimum Gasteiger partial charge on any atom is -0.258 e. The van der Waals surface area contributed by atoms with E-state index in [0.717, 1.165) is 28.7 Å². The highest BCUT2D eigenvalue weighted by atomic mass is 16.6. The maximum Gasteiger partial charge on any atom is 0.277 e. The maximum atomic E-state index is 11.1. The molecule has 0 aliphatic heterocycles. The van der Waals surface area contributed by atoms with E-state index < -0.39 is 0 Å². The van der Waals surface area contributed by atoms with Gasteiger partial charge in [0.15, 0.2) is 0 Å². The number of nitrogens with zero attached hydrogens (tertiary/aromatic N) is 1. The van der Waals surface area contributed by atoms with Gasteiger partial charge in [-0.15, -0.1) is 0 Å². The average molecular weight is 225 g/mol. The first-order valence-electron chi connectivity index (χ1n) is 5.53. The summed E-state index contributed by atoms with van der Waals surface area (Å²) in [6.45, 7) is 2.01. The lowest BCUT2D eigenvalue weighted by molar-refractivity contribution is -0.384. The summed E-state index contributed by atoms with van der Waals surface area (Å²) in [4.78, 5) is 10.8. The summed E-state index contributed by atoms with van der Waals surface area (Å²) in [5.74, 6) is 0. The fourth-order valence-electron chi connectivity index (χ4n) is 2.53. The minimum absolute atomic E-state index is 0.218. The van der Waals surface area contributed by atoms with Crippen LogP contribution in [0.4, 0.5) is 5.69 Å². The Labute approximate surface area is 98.9 Å². The second-order valence-electron chi connectivity index (χ2n) is 4.35. The van der Waals surface area contributed by atoms with Crippen LogP contribution in [0.2, 0.25) is 0 Å². The maximum absolute atomic E-state index is 11.1. The zero-order valence-corrected chi connectivity index (χ0v) is 9.43. The average Bonchev–Trinajstić information content (AvgIpc) is 2.69. The van der Waals surface area contributed by atoms with Gasteiger partial charge in [-0.05, 0) is 35.6 Å². The van der Waals surface area contributed by atoms with Crippen molar-refractivity contribution in [2.75, 3.05) is 0 Å². The summed E-state index contributed by atoms with van der Waals surface area (Å²) in [7, 11) is 0. The van der Waals surface area contributed by atoms with Gasteiger partial charge in [-0.2, -0.15) is 0 Å². The van der Waals surface area contributed by atoms with Crippen molar-refractivity contribution in [2.45, 2.75) is 13.3 Å². The van der Waals surface area contributed by atoms with Gasteiger partial charge in [0.2, 0.25) is 0 Å². The van der Waals surface area contributed by atoms with Gasteiger partial charge in [0.25, 0.3) is 5.69 Å². The molecule has 84 valence electrons. The molecule has 0 N–H and O–H groups in total. The van der Waals surface area contributed by atoms with Gasteiger partial charge in [0, 0.05) is 6.07 Å². The van der Waals surface area contributed by atoms with Crippen molar-refractivity contribution < 1.29 is 4.92 Å². The third kappa shape index (κ3) is 1.35. The normalized spacial score (nSPS) is 12.1. The smallest absolute Gasteiger partial charge is 0.258 e. The summed E-state index contributed by atoms with van der Waals surface area (Å²) < 4.78 is 0. The van der Waals surface area contributed by atoms with Crippen molar-refractivity contribution in [1.82, 2.24) is 0 Å². The number of nitro benzene ring substituents is 1. The molecular formula is C14H11NO2.